The molecule has 0 saturated heterocycles. The fourth-order valence-corrected chi connectivity index (χ4v) is 1.73. The molecule has 1 rings (SSSR count). The molecule has 0 bridgehead atoms. The first-order valence-electron chi connectivity index (χ1n) is 4.08. The van der Waals surface area contributed by atoms with Crippen LogP contribution in [0.5, 0.6) is 0 Å². The highest BCUT2D eigenvalue weighted by molar-refractivity contribution is 5.23. The quantitative estimate of drug-likeness (QED) is 0.584. The van der Waals surface area contributed by atoms with Gasteiger partial charge in [0.2, 0.25) is 0 Å². The summed E-state index contributed by atoms with van der Waals surface area (Å²) in [6.45, 7) is 4.52. The second kappa shape index (κ2) is 3.37. The molecule has 0 heterocycles. The first-order valence-corrected chi connectivity index (χ1v) is 4.08. The van der Waals surface area contributed by atoms with Gasteiger partial charge in [-0.2, -0.15) is 0 Å². The molecule has 0 spiro atoms. The number of hydrogen-bond acceptors (Lipinski definition) is 2. The van der Waals surface area contributed by atoms with Crippen LogP contribution in [0.4, 0.5) is 0 Å². The Hall–Kier alpha value is -0.340. The van der Waals surface area contributed by atoms with Crippen LogP contribution in [0.1, 0.15) is 20.3 Å². The van der Waals surface area contributed by atoms with Crippen molar-refractivity contribution in [1.82, 2.24) is 0 Å². The van der Waals surface area contributed by atoms with Crippen LogP contribution in [0.2, 0.25) is 0 Å². The summed E-state index contributed by atoms with van der Waals surface area (Å²) in [6, 6.07) is 0. The average molecular weight is 156 g/mol. The smallest absolute Gasteiger partial charge is 0.0500 e. The molecule has 0 radical (unpaired) electrons. The lowest BCUT2D eigenvalue weighted by molar-refractivity contribution is 0.0941. The third kappa shape index (κ3) is 1.47. The Labute approximate surface area is 67.6 Å². The lowest BCUT2D eigenvalue weighted by atomic mass is 9.68. The van der Waals surface area contributed by atoms with E-state index in [1.165, 1.54) is 11.1 Å². The Morgan fingerprint density at radius 3 is 2.36 bits per heavy atom. The van der Waals surface area contributed by atoms with E-state index in [1.807, 2.05) is 0 Å². The number of rotatable bonds is 2. The topological polar surface area (TPSA) is 40.5 Å². The van der Waals surface area contributed by atoms with E-state index < -0.39 is 0 Å². The Bertz CT molecular complexity index is 168. The zero-order valence-corrected chi connectivity index (χ0v) is 7.17. The highest BCUT2D eigenvalue weighted by atomic mass is 16.3. The van der Waals surface area contributed by atoms with Crippen molar-refractivity contribution in [2.75, 3.05) is 13.2 Å². The minimum Gasteiger partial charge on any atom is -0.396 e. The van der Waals surface area contributed by atoms with Crippen molar-refractivity contribution in [2.24, 2.45) is 11.8 Å². The van der Waals surface area contributed by atoms with Gasteiger partial charge < -0.3 is 10.2 Å². The van der Waals surface area contributed by atoms with Gasteiger partial charge in [0.1, 0.15) is 0 Å². The normalized spacial score (nSPS) is 30.0. The maximum absolute atomic E-state index is 8.96. The summed E-state index contributed by atoms with van der Waals surface area (Å²) in [6.07, 6.45) is 0.976. The van der Waals surface area contributed by atoms with Crippen LogP contribution in [0, 0.1) is 11.8 Å². The largest absolute Gasteiger partial charge is 0.396 e. The van der Waals surface area contributed by atoms with Gasteiger partial charge in [0.25, 0.3) is 0 Å². The molecule has 0 aromatic carbocycles. The molecule has 1 fully saturated rings. The van der Waals surface area contributed by atoms with Gasteiger partial charge in [-0.15, -0.1) is 0 Å². The highest BCUT2D eigenvalue weighted by Gasteiger charge is 2.34. The van der Waals surface area contributed by atoms with Gasteiger partial charge in [-0.25, -0.2) is 0 Å². The van der Waals surface area contributed by atoms with Crippen molar-refractivity contribution in [3.63, 3.8) is 0 Å². The molecule has 1 aliphatic rings. The Morgan fingerprint density at radius 1 is 1.36 bits per heavy atom. The molecule has 0 amide bonds. The van der Waals surface area contributed by atoms with Gasteiger partial charge in [-0.05, 0) is 26.2 Å². The summed E-state index contributed by atoms with van der Waals surface area (Å²) >= 11 is 0. The monoisotopic (exact) mass is 156 g/mol. The number of aliphatic hydroxyl groups is 2. The first kappa shape index (κ1) is 8.75. The SMILES string of the molecule is CC(C)=C1CC(CO)C1CO. The number of hydrogen-bond donors (Lipinski definition) is 2. The van der Waals surface area contributed by atoms with E-state index in [1.54, 1.807) is 0 Å². The van der Waals surface area contributed by atoms with E-state index in [9.17, 15) is 0 Å². The molecule has 2 N–H and O–H groups in total. The van der Waals surface area contributed by atoms with E-state index >= 15 is 0 Å². The number of allylic oxidation sites excluding steroid dienone is 1. The predicted octanol–water partition coefficient (Wildman–Crippen LogP) is 0.944. The van der Waals surface area contributed by atoms with Crippen LogP contribution in [-0.2, 0) is 0 Å². The van der Waals surface area contributed by atoms with E-state index in [0.29, 0.717) is 5.92 Å². The summed E-state index contributed by atoms with van der Waals surface area (Å²) in [5.41, 5.74) is 2.64. The molecule has 2 nitrogen and oxygen atoms in total. The van der Waals surface area contributed by atoms with Crippen molar-refractivity contribution < 1.29 is 10.2 Å². The van der Waals surface area contributed by atoms with Crippen LogP contribution < -0.4 is 0 Å². The average Bonchev–Trinajstić information content (AvgIpc) is 1.86. The fourth-order valence-electron chi connectivity index (χ4n) is 1.73. The maximum Gasteiger partial charge on any atom is 0.0500 e. The maximum atomic E-state index is 8.96. The third-order valence-electron chi connectivity index (χ3n) is 2.57. The van der Waals surface area contributed by atoms with Gasteiger partial charge >= 0.3 is 0 Å². The molecular weight excluding hydrogens is 140 g/mol. The lowest BCUT2D eigenvalue weighted by Crippen LogP contribution is -2.35. The summed E-state index contributed by atoms with van der Waals surface area (Å²) in [5.74, 6) is 0.551. The van der Waals surface area contributed by atoms with Crippen molar-refractivity contribution in [2.45, 2.75) is 20.3 Å². The zero-order valence-electron chi connectivity index (χ0n) is 7.17. The van der Waals surface area contributed by atoms with Crippen molar-refractivity contribution in [1.29, 1.82) is 0 Å². The summed E-state index contributed by atoms with van der Waals surface area (Å²) in [7, 11) is 0. The Balaban J connectivity index is 2.59. The van der Waals surface area contributed by atoms with Gasteiger partial charge in [-0.3, -0.25) is 0 Å². The standard InChI is InChI=1S/C9H16O2/c1-6(2)8-3-7(4-10)9(8)5-11/h7,9-11H,3-5H2,1-2H3. The second-order valence-electron chi connectivity index (χ2n) is 3.46. The molecule has 0 aliphatic heterocycles. The predicted molar refractivity (Wildman–Crippen MR) is 44.1 cm³/mol. The Morgan fingerprint density at radius 2 is 2.00 bits per heavy atom. The van der Waals surface area contributed by atoms with Gasteiger partial charge in [-0.1, -0.05) is 11.1 Å². The minimum absolute atomic E-state index is 0.186. The van der Waals surface area contributed by atoms with E-state index in [0.717, 1.165) is 6.42 Å². The molecule has 2 atom stereocenters. The molecule has 0 aromatic rings. The molecular formula is C9H16O2. The number of aliphatic hydroxyl groups excluding tert-OH is 2. The van der Waals surface area contributed by atoms with E-state index in [-0.39, 0.29) is 19.1 Å². The second-order valence-corrected chi connectivity index (χ2v) is 3.46. The van der Waals surface area contributed by atoms with Gasteiger partial charge in [0, 0.05) is 19.1 Å². The van der Waals surface area contributed by atoms with Crippen LogP contribution in [0.3, 0.4) is 0 Å². The van der Waals surface area contributed by atoms with Crippen molar-refractivity contribution in [3.05, 3.63) is 11.1 Å². The molecule has 1 saturated carbocycles. The van der Waals surface area contributed by atoms with Crippen LogP contribution in [0.25, 0.3) is 0 Å². The summed E-state index contributed by atoms with van der Waals surface area (Å²) < 4.78 is 0. The molecule has 2 heteroatoms. The van der Waals surface area contributed by atoms with Gasteiger partial charge in [0.15, 0.2) is 0 Å². The third-order valence-corrected chi connectivity index (χ3v) is 2.57. The minimum atomic E-state index is 0.186. The van der Waals surface area contributed by atoms with E-state index in [2.05, 4.69) is 13.8 Å². The van der Waals surface area contributed by atoms with Crippen molar-refractivity contribution >= 4 is 0 Å². The van der Waals surface area contributed by atoms with Crippen LogP contribution >= 0.6 is 0 Å². The molecule has 2 unspecified atom stereocenters. The van der Waals surface area contributed by atoms with Crippen molar-refractivity contribution in [3.8, 4) is 0 Å². The highest BCUT2D eigenvalue weighted by Crippen LogP contribution is 2.40. The Kier molecular flexibility index (Phi) is 2.68. The van der Waals surface area contributed by atoms with Crippen LogP contribution in [-0.4, -0.2) is 23.4 Å². The molecule has 11 heavy (non-hydrogen) atoms. The van der Waals surface area contributed by atoms with Crippen LogP contribution in [0.15, 0.2) is 11.1 Å². The first-order chi connectivity index (χ1) is 5.20. The molecule has 64 valence electrons. The van der Waals surface area contributed by atoms with Gasteiger partial charge in [0.05, 0.1) is 0 Å². The molecule has 1 aliphatic carbocycles. The van der Waals surface area contributed by atoms with E-state index in [4.69, 9.17) is 10.2 Å². The molecule has 0 aromatic heterocycles. The summed E-state index contributed by atoms with van der Waals surface area (Å²) in [5, 5.41) is 17.8. The lowest BCUT2D eigenvalue weighted by Gasteiger charge is -2.38. The zero-order chi connectivity index (χ0) is 8.43. The fraction of sp³-hybridized carbons (Fsp3) is 0.778. The summed E-state index contributed by atoms with van der Waals surface area (Å²) in [4.78, 5) is 0.